The Morgan fingerprint density at radius 3 is 2.46 bits per heavy atom. The predicted octanol–water partition coefficient (Wildman–Crippen LogP) is 7.07. The highest BCUT2D eigenvalue weighted by molar-refractivity contribution is 9.10. The Morgan fingerprint density at radius 1 is 0.929 bits per heavy atom. The van der Waals surface area contributed by atoms with Crippen LogP contribution >= 0.6 is 15.9 Å². The van der Waals surface area contributed by atoms with Gasteiger partial charge in [-0.2, -0.15) is 5.26 Å². The molecule has 0 saturated carbocycles. The summed E-state index contributed by atoms with van der Waals surface area (Å²) in [6, 6.07) is 27.1. The summed E-state index contributed by atoms with van der Waals surface area (Å²) >= 11 is 3.55. The molecule has 0 bridgehead atoms. The van der Waals surface area contributed by atoms with E-state index in [4.69, 9.17) is 0 Å². The summed E-state index contributed by atoms with van der Waals surface area (Å²) in [7, 11) is 0. The zero-order valence-electron chi connectivity index (χ0n) is 15.8. The Bertz CT molecular complexity index is 1260. The third kappa shape index (κ3) is 3.40. The normalized spacial score (nSPS) is 11.6. The fourth-order valence-electron chi connectivity index (χ4n) is 3.64. The van der Waals surface area contributed by atoms with Gasteiger partial charge in [0.2, 0.25) is 0 Å². The maximum absolute atomic E-state index is 9.80. The summed E-state index contributed by atoms with van der Waals surface area (Å²) in [6.45, 7) is 4.18. The Morgan fingerprint density at radius 2 is 1.71 bits per heavy atom. The Balaban J connectivity index is 1.80. The van der Waals surface area contributed by atoms with Crippen LogP contribution < -0.4 is 0 Å². The first-order chi connectivity index (χ1) is 13.6. The first kappa shape index (κ1) is 18.3. The largest absolute Gasteiger partial charge is 0.318 e. The molecule has 0 N–H and O–H groups in total. The second-order valence-corrected chi connectivity index (χ2v) is 7.79. The van der Waals surface area contributed by atoms with Crippen molar-refractivity contribution in [1.29, 1.82) is 5.26 Å². The van der Waals surface area contributed by atoms with Crippen LogP contribution in [0.3, 0.4) is 0 Å². The van der Waals surface area contributed by atoms with Crippen molar-refractivity contribution in [3.8, 4) is 11.8 Å². The monoisotopic (exact) mass is 426 g/mol. The molecule has 0 aliphatic carbocycles. The lowest BCUT2D eigenvalue weighted by Gasteiger charge is -2.10. The topological polar surface area (TPSA) is 28.7 Å². The summed E-state index contributed by atoms with van der Waals surface area (Å²) < 4.78 is 3.26. The van der Waals surface area contributed by atoms with Gasteiger partial charge in [-0.1, -0.05) is 58.4 Å². The van der Waals surface area contributed by atoms with Crippen LogP contribution in [-0.2, 0) is 0 Å². The molecular formula is C25H19BrN2. The van der Waals surface area contributed by atoms with Gasteiger partial charge in [-0.05, 0) is 72.2 Å². The highest BCUT2D eigenvalue weighted by Crippen LogP contribution is 2.27. The van der Waals surface area contributed by atoms with Gasteiger partial charge in [0.25, 0.3) is 0 Å². The van der Waals surface area contributed by atoms with Crippen molar-refractivity contribution in [3.05, 3.63) is 99.8 Å². The minimum absolute atomic E-state index is 0.667. The van der Waals surface area contributed by atoms with Crippen LogP contribution in [-0.4, -0.2) is 4.57 Å². The van der Waals surface area contributed by atoms with Crippen molar-refractivity contribution in [1.82, 2.24) is 4.57 Å². The van der Waals surface area contributed by atoms with Gasteiger partial charge in [0.05, 0.1) is 11.6 Å². The number of nitriles is 1. The van der Waals surface area contributed by atoms with Gasteiger partial charge in [0, 0.05) is 21.5 Å². The van der Waals surface area contributed by atoms with Gasteiger partial charge < -0.3 is 4.57 Å². The summed E-state index contributed by atoms with van der Waals surface area (Å²) in [4.78, 5) is 0. The van der Waals surface area contributed by atoms with Gasteiger partial charge in [0.15, 0.2) is 0 Å². The Labute approximate surface area is 173 Å². The second kappa shape index (κ2) is 7.50. The Hall–Kier alpha value is -3.09. The average molecular weight is 427 g/mol. The standard InChI is InChI=1S/C25H19BrN2/c1-17-12-22(18(2)28(17)25-9-5-8-24(26)15-25)14-23(16-27)21-11-10-19-6-3-4-7-20(19)13-21/h3-15H,1-2H3. The van der Waals surface area contributed by atoms with E-state index in [1.165, 1.54) is 5.39 Å². The molecule has 28 heavy (non-hydrogen) atoms. The van der Waals surface area contributed by atoms with E-state index < -0.39 is 0 Å². The lowest BCUT2D eigenvalue weighted by molar-refractivity contribution is 0.963. The molecule has 2 nitrogen and oxygen atoms in total. The minimum atomic E-state index is 0.667. The molecule has 4 aromatic rings. The van der Waals surface area contributed by atoms with Gasteiger partial charge in [0.1, 0.15) is 0 Å². The number of nitrogens with zero attached hydrogens (tertiary/aromatic N) is 2. The van der Waals surface area contributed by atoms with Crippen molar-refractivity contribution in [2.75, 3.05) is 0 Å². The number of halogens is 1. The molecule has 0 aliphatic rings. The third-order valence-corrected chi connectivity index (χ3v) is 5.51. The van der Waals surface area contributed by atoms with E-state index in [9.17, 15) is 5.26 Å². The number of fused-ring (bicyclic) bond motifs is 1. The lowest BCUT2D eigenvalue weighted by atomic mass is 10.0. The molecule has 3 aromatic carbocycles. The quantitative estimate of drug-likeness (QED) is 0.321. The summed E-state index contributed by atoms with van der Waals surface area (Å²) in [5, 5.41) is 12.1. The number of allylic oxidation sites excluding steroid dienone is 1. The molecule has 1 aromatic heterocycles. The fraction of sp³-hybridized carbons (Fsp3) is 0.0800. The molecule has 0 aliphatic heterocycles. The predicted molar refractivity (Wildman–Crippen MR) is 120 cm³/mol. The van der Waals surface area contributed by atoms with Gasteiger partial charge in [-0.15, -0.1) is 0 Å². The van der Waals surface area contributed by atoms with E-state index in [0.29, 0.717) is 5.57 Å². The van der Waals surface area contributed by atoms with Crippen LogP contribution in [0.2, 0.25) is 0 Å². The summed E-state index contributed by atoms with van der Waals surface area (Å²) in [5.74, 6) is 0. The maximum Gasteiger partial charge on any atom is 0.0998 e. The summed E-state index contributed by atoms with van der Waals surface area (Å²) in [6.07, 6.45) is 1.99. The van der Waals surface area contributed by atoms with Crippen LogP contribution in [0.25, 0.3) is 28.1 Å². The van der Waals surface area contributed by atoms with Crippen LogP contribution in [0, 0.1) is 25.2 Å². The van der Waals surface area contributed by atoms with Crippen LogP contribution in [0.1, 0.15) is 22.5 Å². The number of aryl methyl sites for hydroxylation is 1. The molecule has 1 heterocycles. The smallest absolute Gasteiger partial charge is 0.0998 e. The zero-order chi connectivity index (χ0) is 19.7. The first-order valence-electron chi connectivity index (χ1n) is 9.12. The highest BCUT2D eigenvalue weighted by atomic mass is 79.9. The van der Waals surface area contributed by atoms with Crippen molar-refractivity contribution < 1.29 is 0 Å². The van der Waals surface area contributed by atoms with E-state index in [1.807, 2.05) is 36.4 Å². The third-order valence-electron chi connectivity index (χ3n) is 5.02. The molecule has 0 amide bonds. The van der Waals surface area contributed by atoms with E-state index >= 15 is 0 Å². The fourth-order valence-corrected chi connectivity index (χ4v) is 4.03. The number of rotatable bonds is 3. The van der Waals surface area contributed by atoms with E-state index in [2.05, 4.69) is 82.9 Å². The van der Waals surface area contributed by atoms with Gasteiger partial charge >= 0.3 is 0 Å². The number of hydrogen-bond acceptors (Lipinski definition) is 1. The molecule has 0 spiro atoms. The van der Waals surface area contributed by atoms with Crippen LogP contribution in [0.15, 0.2) is 77.3 Å². The van der Waals surface area contributed by atoms with Crippen LogP contribution in [0.5, 0.6) is 0 Å². The number of hydrogen-bond donors (Lipinski definition) is 0. The SMILES string of the molecule is Cc1cc(C=C(C#N)c2ccc3ccccc3c2)c(C)n1-c1cccc(Br)c1. The van der Waals surface area contributed by atoms with Crippen molar-refractivity contribution in [2.24, 2.45) is 0 Å². The Kier molecular flexibility index (Phi) is 4.90. The average Bonchev–Trinajstić information content (AvgIpc) is 2.98. The van der Waals surface area contributed by atoms with Crippen molar-refractivity contribution in [2.45, 2.75) is 13.8 Å². The molecular weight excluding hydrogens is 408 g/mol. The highest BCUT2D eigenvalue weighted by Gasteiger charge is 2.11. The molecule has 0 fully saturated rings. The molecule has 3 heteroatoms. The molecule has 0 saturated heterocycles. The molecule has 0 atom stereocenters. The van der Waals surface area contributed by atoms with Gasteiger partial charge in [-0.25, -0.2) is 0 Å². The number of aromatic nitrogens is 1. The van der Waals surface area contributed by atoms with E-state index in [0.717, 1.165) is 38.1 Å². The van der Waals surface area contributed by atoms with Crippen molar-refractivity contribution in [3.63, 3.8) is 0 Å². The minimum Gasteiger partial charge on any atom is -0.318 e. The first-order valence-corrected chi connectivity index (χ1v) is 9.92. The molecule has 136 valence electrons. The lowest BCUT2D eigenvalue weighted by Crippen LogP contribution is -1.98. The van der Waals surface area contributed by atoms with Crippen LogP contribution in [0.4, 0.5) is 0 Å². The maximum atomic E-state index is 9.80. The zero-order valence-corrected chi connectivity index (χ0v) is 17.4. The number of benzene rings is 3. The second-order valence-electron chi connectivity index (χ2n) is 6.87. The molecule has 4 rings (SSSR count). The van der Waals surface area contributed by atoms with Crippen molar-refractivity contribution >= 4 is 38.4 Å². The molecule has 0 radical (unpaired) electrons. The molecule has 0 unspecified atom stereocenters. The van der Waals surface area contributed by atoms with E-state index in [-0.39, 0.29) is 0 Å². The van der Waals surface area contributed by atoms with E-state index in [1.54, 1.807) is 0 Å². The van der Waals surface area contributed by atoms with Gasteiger partial charge in [-0.3, -0.25) is 0 Å². The summed E-state index contributed by atoms with van der Waals surface area (Å²) in [5.41, 5.74) is 6.02.